The summed E-state index contributed by atoms with van der Waals surface area (Å²) < 4.78 is 5.81. The molecule has 112 valence electrons. The molecule has 6 heteroatoms. The van der Waals surface area contributed by atoms with Crippen molar-refractivity contribution in [1.82, 2.24) is 9.97 Å². The zero-order valence-electron chi connectivity index (χ0n) is 12.2. The first-order valence-corrected chi connectivity index (χ1v) is 7.49. The number of rotatable bonds is 5. The van der Waals surface area contributed by atoms with E-state index in [0.717, 1.165) is 24.3 Å². The van der Waals surface area contributed by atoms with Crippen molar-refractivity contribution in [2.75, 3.05) is 11.9 Å². The van der Waals surface area contributed by atoms with E-state index in [0.29, 0.717) is 27.5 Å². The Kier molecular flexibility index (Phi) is 5.26. The first kappa shape index (κ1) is 15.9. The van der Waals surface area contributed by atoms with E-state index in [1.807, 2.05) is 13.8 Å². The fourth-order valence-electron chi connectivity index (χ4n) is 1.77. The van der Waals surface area contributed by atoms with Crippen molar-refractivity contribution in [3.8, 4) is 11.6 Å². The minimum atomic E-state index is 0.446. The second kappa shape index (κ2) is 6.96. The molecule has 1 aromatic carbocycles. The van der Waals surface area contributed by atoms with Gasteiger partial charge in [-0.1, -0.05) is 30.1 Å². The van der Waals surface area contributed by atoms with Crippen molar-refractivity contribution in [3.05, 3.63) is 39.6 Å². The molecule has 1 aromatic heterocycles. The number of hydrogen-bond donors (Lipinski definition) is 1. The Balaban J connectivity index is 2.30. The van der Waals surface area contributed by atoms with Crippen LogP contribution in [0.1, 0.15) is 24.7 Å². The summed E-state index contributed by atoms with van der Waals surface area (Å²) in [5.74, 6) is 2.54. The third-order valence-electron chi connectivity index (χ3n) is 2.86. The molecule has 0 aliphatic carbocycles. The summed E-state index contributed by atoms with van der Waals surface area (Å²) >= 11 is 11.9. The quantitative estimate of drug-likeness (QED) is 0.838. The highest BCUT2D eigenvalue weighted by molar-refractivity contribution is 6.42. The molecule has 2 rings (SSSR count). The topological polar surface area (TPSA) is 47.0 Å². The Morgan fingerprint density at radius 1 is 1.14 bits per heavy atom. The number of aryl methyl sites for hydroxylation is 1. The molecule has 0 amide bonds. The summed E-state index contributed by atoms with van der Waals surface area (Å²) in [5.41, 5.74) is 0.861. The molecule has 0 aliphatic rings. The van der Waals surface area contributed by atoms with Gasteiger partial charge >= 0.3 is 0 Å². The van der Waals surface area contributed by atoms with Crippen LogP contribution in [0.5, 0.6) is 11.6 Å². The lowest BCUT2D eigenvalue weighted by Crippen LogP contribution is -2.07. The van der Waals surface area contributed by atoms with Crippen molar-refractivity contribution < 1.29 is 4.74 Å². The fourth-order valence-corrected chi connectivity index (χ4v) is 2.06. The summed E-state index contributed by atoms with van der Waals surface area (Å²) in [5, 5.41) is 4.21. The molecule has 0 aliphatic heterocycles. The van der Waals surface area contributed by atoms with Crippen LogP contribution in [0.15, 0.2) is 18.2 Å². The van der Waals surface area contributed by atoms with Crippen molar-refractivity contribution in [2.24, 2.45) is 0 Å². The Morgan fingerprint density at radius 2 is 1.90 bits per heavy atom. The molecule has 0 atom stereocenters. The van der Waals surface area contributed by atoms with E-state index in [1.165, 1.54) is 0 Å². The lowest BCUT2D eigenvalue weighted by atomic mass is 10.3. The minimum Gasteiger partial charge on any atom is -0.438 e. The van der Waals surface area contributed by atoms with E-state index in [2.05, 4.69) is 22.2 Å². The highest BCUT2D eigenvalue weighted by Gasteiger charge is 2.11. The van der Waals surface area contributed by atoms with Crippen LogP contribution < -0.4 is 10.1 Å². The number of halogens is 2. The van der Waals surface area contributed by atoms with Crippen molar-refractivity contribution in [1.29, 1.82) is 0 Å². The van der Waals surface area contributed by atoms with Crippen LogP contribution in [-0.4, -0.2) is 16.5 Å². The van der Waals surface area contributed by atoms with Crippen molar-refractivity contribution >= 4 is 29.0 Å². The maximum Gasteiger partial charge on any atom is 0.227 e. The van der Waals surface area contributed by atoms with Gasteiger partial charge in [-0.15, -0.1) is 0 Å². The number of hydrogen-bond acceptors (Lipinski definition) is 4. The van der Waals surface area contributed by atoms with Gasteiger partial charge in [-0.3, -0.25) is 0 Å². The molecule has 0 unspecified atom stereocenters. The molecule has 1 N–H and O–H groups in total. The van der Waals surface area contributed by atoms with E-state index in [4.69, 9.17) is 27.9 Å². The van der Waals surface area contributed by atoms with Gasteiger partial charge in [0, 0.05) is 12.6 Å². The second-order valence-electron chi connectivity index (χ2n) is 4.65. The molecule has 2 aromatic rings. The van der Waals surface area contributed by atoms with Crippen LogP contribution >= 0.6 is 23.2 Å². The van der Waals surface area contributed by atoms with Crippen molar-refractivity contribution in [2.45, 2.75) is 27.2 Å². The van der Waals surface area contributed by atoms with Crippen LogP contribution in [0, 0.1) is 13.8 Å². The summed E-state index contributed by atoms with van der Waals surface area (Å²) in [6, 6.07) is 5.11. The van der Waals surface area contributed by atoms with Gasteiger partial charge in [-0.25, -0.2) is 4.98 Å². The maximum atomic E-state index is 5.99. The van der Waals surface area contributed by atoms with Gasteiger partial charge in [0.05, 0.1) is 15.6 Å². The maximum absolute atomic E-state index is 5.99. The Hall–Kier alpha value is -1.52. The van der Waals surface area contributed by atoms with Gasteiger partial charge < -0.3 is 10.1 Å². The van der Waals surface area contributed by atoms with Gasteiger partial charge in [-0.2, -0.15) is 4.98 Å². The van der Waals surface area contributed by atoms with E-state index < -0.39 is 0 Å². The van der Waals surface area contributed by atoms with E-state index >= 15 is 0 Å². The highest BCUT2D eigenvalue weighted by atomic mass is 35.5. The number of ether oxygens (including phenoxy) is 1. The molecule has 4 nitrogen and oxygen atoms in total. The number of nitrogens with one attached hydrogen (secondary N) is 1. The fraction of sp³-hybridized carbons (Fsp3) is 0.333. The van der Waals surface area contributed by atoms with Crippen LogP contribution in [0.3, 0.4) is 0 Å². The highest BCUT2D eigenvalue weighted by Crippen LogP contribution is 2.31. The molecule has 0 bridgehead atoms. The molecular weight excluding hydrogens is 309 g/mol. The largest absolute Gasteiger partial charge is 0.438 e. The summed E-state index contributed by atoms with van der Waals surface area (Å²) in [6.07, 6.45) is 1.02. The van der Waals surface area contributed by atoms with E-state index in [9.17, 15) is 0 Å². The van der Waals surface area contributed by atoms with Crippen molar-refractivity contribution in [3.63, 3.8) is 0 Å². The minimum absolute atomic E-state index is 0.446. The normalized spacial score (nSPS) is 10.5. The average molecular weight is 326 g/mol. The van der Waals surface area contributed by atoms with Gasteiger partial charge in [0.25, 0.3) is 0 Å². The Labute approximate surface area is 134 Å². The predicted molar refractivity (Wildman–Crippen MR) is 86.8 cm³/mol. The number of aromatic nitrogens is 2. The lowest BCUT2D eigenvalue weighted by molar-refractivity contribution is 0.456. The van der Waals surface area contributed by atoms with Crippen LogP contribution in [0.4, 0.5) is 5.82 Å². The molecule has 0 spiro atoms. The first-order chi connectivity index (χ1) is 10.0. The second-order valence-corrected chi connectivity index (χ2v) is 5.47. The molecule has 1 heterocycles. The third kappa shape index (κ3) is 3.99. The van der Waals surface area contributed by atoms with Gasteiger partial charge in [-0.05, 0) is 32.4 Å². The SMILES string of the molecule is CCCNc1nc(C)nc(Oc2ccc(Cl)c(Cl)c2)c1C. The summed E-state index contributed by atoms with van der Waals surface area (Å²) in [6.45, 7) is 6.70. The monoisotopic (exact) mass is 325 g/mol. The first-order valence-electron chi connectivity index (χ1n) is 6.73. The molecule has 0 fully saturated rings. The smallest absolute Gasteiger partial charge is 0.227 e. The number of nitrogens with zero attached hydrogens (tertiary/aromatic N) is 2. The number of anilines is 1. The molecular formula is C15H17Cl2N3O. The predicted octanol–water partition coefficient (Wildman–Crippen LogP) is 5.01. The third-order valence-corrected chi connectivity index (χ3v) is 3.60. The van der Waals surface area contributed by atoms with E-state index in [-0.39, 0.29) is 0 Å². The Morgan fingerprint density at radius 3 is 2.57 bits per heavy atom. The Bertz CT molecular complexity index is 647. The van der Waals surface area contributed by atoms with E-state index in [1.54, 1.807) is 18.2 Å². The molecule has 0 saturated carbocycles. The van der Waals surface area contributed by atoms with Crippen LogP contribution in [0.25, 0.3) is 0 Å². The zero-order chi connectivity index (χ0) is 15.4. The van der Waals surface area contributed by atoms with Gasteiger partial charge in [0.1, 0.15) is 17.4 Å². The molecule has 0 radical (unpaired) electrons. The lowest BCUT2D eigenvalue weighted by Gasteiger charge is -2.13. The van der Waals surface area contributed by atoms with Gasteiger partial charge in [0.2, 0.25) is 5.88 Å². The zero-order valence-corrected chi connectivity index (χ0v) is 13.7. The summed E-state index contributed by atoms with van der Waals surface area (Å²) in [4.78, 5) is 8.73. The number of benzene rings is 1. The average Bonchev–Trinajstić information content (AvgIpc) is 2.45. The van der Waals surface area contributed by atoms with Crippen LogP contribution in [-0.2, 0) is 0 Å². The molecule has 0 saturated heterocycles. The molecule has 21 heavy (non-hydrogen) atoms. The standard InChI is InChI=1S/C15H17Cl2N3O/c1-4-7-18-14-9(2)15(20-10(3)19-14)21-11-5-6-12(16)13(17)8-11/h5-6,8H,4,7H2,1-3H3,(H,18,19,20). The summed E-state index contributed by atoms with van der Waals surface area (Å²) in [7, 11) is 0. The van der Waals surface area contributed by atoms with Crippen LogP contribution in [0.2, 0.25) is 10.0 Å². The van der Waals surface area contributed by atoms with Gasteiger partial charge in [0.15, 0.2) is 0 Å².